The lowest BCUT2D eigenvalue weighted by Crippen LogP contribution is -2.13. The molecule has 0 aliphatic heterocycles. The van der Waals surface area contributed by atoms with E-state index in [9.17, 15) is 4.79 Å². The largest absolute Gasteiger partial charge is 0.302 e. The summed E-state index contributed by atoms with van der Waals surface area (Å²) in [5, 5.41) is 12.8. The van der Waals surface area contributed by atoms with Gasteiger partial charge in [-0.25, -0.2) is 4.98 Å². The van der Waals surface area contributed by atoms with Crippen LogP contribution in [0.3, 0.4) is 0 Å². The van der Waals surface area contributed by atoms with Crippen LogP contribution in [0.2, 0.25) is 0 Å². The Morgan fingerprint density at radius 3 is 3.00 bits per heavy atom. The molecule has 3 aromatic rings. The van der Waals surface area contributed by atoms with Crippen molar-refractivity contribution in [2.45, 2.75) is 19.9 Å². The summed E-state index contributed by atoms with van der Waals surface area (Å²) >= 11 is 1.48. The number of nitrogens with one attached hydrogen (secondary N) is 1. The van der Waals surface area contributed by atoms with Gasteiger partial charge < -0.3 is 5.32 Å². The molecule has 0 saturated carbocycles. The molecule has 0 aromatic carbocycles. The fourth-order valence-corrected chi connectivity index (χ4v) is 2.30. The molecular weight excluding hydrogens is 264 g/mol. The van der Waals surface area contributed by atoms with Gasteiger partial charge in [-0.3, -0.25) is 9.20 Å². The fourth-order valence-electron chi connectivity index (χ4n) is 1.60. The molecule has 0 spiro atoms. The number of thiazole rings is 1. The van der Waals surface area contributed by atoms with Crippen LogP contribution in [-0.4, -0.2) is 30.3 Å². The molecule has 3 aromatic heterocycles. The molecule has 3 heterocycles. The number of amides is 1. The highest BCUT2D eigenvalue weighted by Crippen LogP contribution is 2.12. The van der Waals surface area contributed by atoms with Gasteiger partial charge in [-0.1, -0.05) is 0 Å². The van der Waals surface area contributed by atoms with Gasteiger partial charge in [0.05, 0.1) is 12.2 Å². The van der Waals surface area contributed by atoms with Crippen LogP contribution in [0.5, 0.6) is 0 Å². The Balaban J connectivity index is 1.78. The molecule has 8 heteroatoms. The minimum absolute atomic E-state index is 0.156. The third-order valence-electron chi connectivity index (χ3n) is 2.54. The first-order chi connectivity index (χ1) is 9.13. The first-order valence-corrected chi connectivity index (χ1v) is 6.67. The van der Waals surface area contributed by atoms with Crippen molar-refractivity contribution in [1.29, 1.82) is 0 Å². The van der Waals surface area contributed by atoms with E-state index < -0.39 is 0 Å². The third kappa shape index (κ3) is 2.22. The Kier molecular flexibility index (Phi) is 2.79. The first-order valence-electron chi connectivity index (χ1n) is 5.79. The average molecular weight is 276 g/mol. The Bertz CT molecular complexity index is 696. The molecule has 0 bridgehead atoms. The van der Waals surface area contributed by atoms with E-state index in [1.165, 1.54) is 17.5 Å². The summed E-state index contributed by atoms with van der Waals surface area (Å²) in [6.45, 7) is 3.93. The fraction of sp³-hybridized carbons (Fsp3) is 0.273. The second kappa shape index (κ2) is 4.47. The highest BCUT2D eigenvalue weighted by atomic mass is 32.1. The molecule has 0 atom stereocenters. The zero-order valence-corrected chi connectivity index (χ0v) is 11.3. The van der Waals surface area contributed by atoms with Gasteiger partial charge in [0.25, 0.3) is 5.91 Å². The van der Waals surface area contributed by atoms with Crippen LogP contribution in [0.4, 0.5) is 5.82 Å². The summed E-state index contributed by atoms with van der Waals surface area (Å²) in [6.07, 6.45) is 5.07. The number of rotatable bonds is 3. The normalized spacial score (nSPS) is 11.3. The highest BCUT2D eigenvalue weighted by molar-refractivity contribution is 7.15. The van der Waals surface area contributed by atoms with Crippen LogP contribution in [0.1, 0.15) is 30.4 Å². The maximum absolute atomic E-state index is 12.0. The van der Waals surface area contributed by atoms with Crippen molar-refractivity contribution >= 4 is 28.0 Å². The smallest absolute Gasteiger partial charge is 0.277 e. The number of nitrogens with zero attached hydrogens (tertiary/aromatic N) is 5. The van der Waals surface area contributed by atoms with E-state index in [-0.39, 0.29) is 11.9 Å². The summed E-state index contributed by atoms with van der Waals surface area (Å²) in [4.78, 5) is 18.6. The van der Waals surface area contributed by atoms with E-state index >= 15 is 0 Å². The molecule has 0 radical (unpaired) electrons. The van der Waals surface area contributed by atoms with Crippen LogP contribution in [-0.2, 0) is 0 Å². The van der Waals surface area contributed by atoms with Crippen molar-refractivity contribution in [3.63, 3.8) is 0 Å². The van der Waals surface area contributed by atoms with E-state index in [1.54, 1.807) is 11.0 Å². The second-order valence-corrected chi connectivity index (χ2v) is 5.19. The molecule has 1 amide bonds. The molecule has 3 rings (SSSR count). The van der Waals surface area contributed by atoms with Gasteiger partial charge in [0, 0.05) is 17.8 Å². The number of carbonyl (C=O) groups excluding carboxylic acids is 1. The zero-order valence-electron chi connectivity index (χ0n) is 10.4. The van der Waals surface area contributed by atoms with E-state index in [0.717, 1.165) is 4.96 Å². The predicted octanol–water partition coefficient (Wildman–Crippen LogP) is 1.82. The molecule has 98 valence electrons. The minimum atomic E-state index is -0.285. The molecule has 0 fully saturated rings. The number of hydrogen-bond acceptors (Lipinski definition) is 5. The first kappa shape index (κ1) is 11.8. The van der Waals surface area contributed by atoms with Crippen LogP contribution >= 0.6 is 11.3 Å². The number of fused-ring (bicyclic) bond motifs is 1. The SMILES string of the molecule is CC(C)n1ncc(NC(=O)c2cn3ccsc3n2)n1. The van der Waals surface area contributed by atoms with Crippen molar-refractivity contribution < 1.29 is 4.79 Å². The lowest BCUT2D eigenvalue weighted by atomic mass is 10.4. The number of aromatic nitrogens is 5. The average Bonchev–Trinajstić information content (AvgIpc) is 3.02. The van der Waals surface area contributed by atoms with Crippen molar-refractivity contribution in [3.05, 3.63) is 29.7 Å². The Hall–Kier alpha value is -2.22. The van der Waals surface area contributed by atoms with E-state index in [4.69, 9.17) is 0 Å². The van der Waals surface area contributed by atoms with Gasteiger partial charge in [0.2, 0.25) is 0 Å². The summed E-state index contributed by atoms with van der Waals surface area (Å²) in [7, 11) is 0. The number of carbonyl (C=O) groups is 1. The van der Waals surface area contributed by atoms with E-state index in [2.05, 4.69) is 20.5 Å². The Morgan fingerprint density at radius 1 is 1.47 bits per heavy atom. The lowest BCUT2D eigenvalue weighted by molar-refractivity contribution is 0.102. The Labute approximate surface area is 112 Å². The second-order valence-electron chi connectivity index (χ2n) is 4.32. The van der Waals surface area contributed by atoms with Crippen molar-refractivity contribution in [1.82, 2.24) is 24.4 Å². The van der Waals surface area contributed by atoms with Crippen molar-refractivity contribution in [2.75, 3.05) is 5.32 Å². The van der Waals surface area contributed by atoms with Gasteiger partial charge in [-0.05, 0) is 13.8 Å². The van der Waals surface area contributed by atoms with Gasteiger partial charge in [0.1, 0.15) is 5.69 Å². The molecular formula is C11H12N6OS. The topological polar surface area (TPSA) is 77.1 Å². The predicted molar refractivity (Wildman–Crippen MR) is 71.4 cm³/mol. The maximum atomic E-state index is 12.0. The van der Waals surface area contributed by atoms with Crippen LogP contribution < -0.4 is 5.32 Å². The molecule has 7 nitrogen and oxygen atoms in total. The van der Waals surface area contributed by atoms with Crippen molar-refractivity contribution in [3.8, 4) is 0 Å². The number of imidazole rings is 1. The molecule has 0 saturated heterocycles. The van der Waals surface area contributed by atoms with Crippen LogP contribution in [0.25, 0.3) is 4.96 Å². The number of hydrogen-bond donors (Lipinski definition) is 1. The maximum Gasteiger partial charge on any atom is 0.277 e. The monoisotopic (exact) mass is 276 g/mol. The molecule has 1 N–H and O–H groups in total. The van der Waals surface area contributed by atoms with Crippen molar-refractivity contribution in [2.24, 2.45) is 0 Å². The molecule has 0 aliphatic carbocycles. The molecule has 19 heavy (non-hydrogen) atoms. The summed E-state index contributed by atoms with van der Waals surface area (Å²) < 4.78 is 1.81. The molecule has 0 unspecified atom stereocenters. The third-order valence-corrected chi connectivity index (χ3v) is 3.31. The summed E-state index contributed by atoms with van der Waals surface area (Å²) in [6, 6.07) is 0.156. The van der Waals surface area contributed by atoms with E-state index in [0.29, 0.717) is 11.5 Å². The molecule has 0 aliphatic rings. The standard InChI is InChI=1S/C11H12N6OS/c1-7(2)17-12-5-9(15-17)14-10(18)8-6-16-3-4-19-11(16)13-8/h3-7H,1-2H3,(H,14,15,18). The Morgan fingerprint density at radius 2 is 2.32 bits per heavy atom. The van der Waals surface area contributed by atoms with Crippen LogP contribution in [0.15, 0.2) is 24.0 Å². The van der Waals surface area contributed by atoms with Crippen LogP contribution in [0, 0.1) is 0 Å². The number of anilines is 1. The summed E-state index contributed by atoms with van der Waals surface area (Å²) in [5.74, 6) is 0.141. The van der Waals surface area contributed by atoms with Gasteiger partial charge in [-0.15, -0.1) is 16.4 Å². The quantitative estimate of drug-likeness (QED) is 0.791. The van der Waals surface area contributed by atoms with Gasteiger partial charge >= 0.3 is 0 Å². The van der Waals surface area contributed by atoms with Gasteiger partial charge in [0.15, 0.2) is 10.8 Å². The van der Waals surface area contributed by atoms with Gasteiger partial charge in [-0.2, -0.15) is 9.90 Å². The lowest BCUT2D eigenvalue weighted by Gasteiger charge is -2.01. The minimum Gasteiger partial charge on any atom is -0.302 e. The highest BCUT2D eigenvalue weighted by Gasteiger charge is 2.13. The van der Waals surface area contributed by atoms with E-state index in [1.807, 2.05) is 29.8 Å². The summed E-state index contributed by atoms with van der Waals surface area (Å²) in [5.41, 5.74) is 0.367. The zero-order chi connectivity index (χ0) is 13.4.